The van der Waals surface area contributed by atoms with E-state index in [2.05, 4.69) is 29.2 Å². The molecular weight excluding hydrogens is 419 g/mol. The normalized spacial score (nSPS) is 15.2. The van der Waals surface area contributed by atoms with E-state index in [4.69, 9.17) is 27.9 Å². The summed E-state index contributed by atoms with van der Waals surface area (Å²) in [4.78, 5) is 4.38. The van der Waals surface area contributed by atoms with Crippen molar-refractivity contribution in [2.24, 2.45) is 0 Å². The molecule has 8 heteroatoms. The molecule has 152 valence electrons. The molecule has 0 amide bonds. The molecule has 0 radical (unpaired) electrons. The quantitative estimate of drug-likeness (QED) is 0.653. The summed E-state index contributed by atoms with van der Waals surface area (Å²) in [6.07, 6.45) is 0. The molecule has 0 saturated carbocycles. The highest BCUT2D eigenvalue weighted by atomic mass is 35.5. The lowest BCUT2D eigenvalue weighted by Crippen LogP contribution is -2.36. The summed E-state index contributed by atoms with van der Waals surface area (Å²) < 4.78 is 30.6. The van der Waals surface area contributed by atoms with Crippen LogP contribution in [0.25, 0.3) is 0 Å². The zero-order valence-corrected chi connectivity index (χ0v) is 18.1. The highest BCUT2D eigenvalue weighted by Crippen LogP contribution is 2.26. The maximum Gasteiger partial charge on any atom is 0.181 e. The number of sulfone groups is 1. The number of rotatable bonds is 7. The molecule has 0 unspecified atom stereocenters. The van der Waals surface area contributed by atoms with Crippen LogP contribution in [0.4, 0.5) is 5.69 Å². The zero-order chi connectivity index (χ0) is 20.1. The topological polar surface area (TPSA) is 49.9 Å². The Morgan fingerprint density at radius 2 is 1.75 bits per heavy atom. The third kappa shape index (κ3) is 5.61. The van der Waals surface area contributed by atoms with Crippen LogP contribution in [0.15, 0.2) is 47.4 Å². The van der Waals surface area contributed by atoms with E-state index in [0.29, 0.717) is 18.1 Å². The van der Waals surface area contributed by atoms with Gasteiger partial charge in [0.15, 0.2) is 9.84 Å². The average Bonchev–Trinajstić information content (AvgIpc) is 2.69. The predicted molar refractivity (Wildman–Crippen MR) is 114 cm³/mol. The van der Waals surface area contributed by atoms with Gasteiger partial charge < -0.3 is 14.5 Å². The Kier molecular flexibility index (Phi) is 7.23. The van der Waals surface area contributed by atoms with Crippen LogP contribution >= 0.6 is 23.2 Å². The van der Waals surface area contributed by atoms with Gasteiger partial charge in [-0.05, 0) is 42.9 Å². The predicted octanol–water partition coefficient (Wildman–Crippen LogP) is 3.74. The summed E-state index contributed by atoms with van der Waals surface area (Å²) in [7, 11) is -1.59. The second-order valence-corrected chi connectivity index (χ2v) is 9.82. The van der Waals surface area contributed by atoms with E-state index in [0.717, 1.165) is 31.9 Å². The van der Waals surface area contributed by atoms with Crippen molar-refractivity contribution in [1.29, 1.82) is 0 Å². The number of ether oxygens (including phenoxy) is 1. The number of nitrogens with zero attached hydrogens (tertiary/aromatic N) is 2. The maximum absolute atomic E-state index is 12.6. The Bertz CT molecular complexity index is 898. The van der Waals surface area contributed by atoms with Crippen LogP contribution in [0.1, 0.15) is 5.56 Å². The van der Waals surface area contributed by atoms with E-state index in [-0.39, 0.29) is 15.7 Å². The molecule has 1 heterocycles. The summed E-state index contributed by atoms with van der Waals surface area (Å²) in [6.45, 7) is 4.40. The first kappa shape index (κ1) is 21.4. The molecule has 28 heavy (non-hydrogen) atoms. The van der Waals surface area contributed by atoms with Crippen LogP contribution in [0, 0.1) is 0 Å². The fourth-order valence-electron chi connectivity index (χ4n) is 3.13. The fourth-order valence-corrected chi connectivity index (χ4v) is 5.28. The van der Waals surface area contributed by atoms with Crippen molar-refractivity contribution in [3.8, 4) is 0 Å². The van der Waals surface area contributed by atoms with Crippen molar-refractivity contribution in [1.82, 2.24) is 4.90 Å². The molecule has 0 spiro atoms. The molecule has 2 aromatic carbocycles. The van der Waals surface area contributed by atoms with E-state index in [9.17, 15) is 8.42 Å². The van der Waals surface area contributed by atoms with Crippen molar-refractivity contribution in [2.75, 3.05) is 50.5 Å². The molecule has 0 aromatic heterocycles. The van der Waals surface area contributed by atoms with Gasteiger partial charge in [-0.2, -0.15) is 0 Å². The molecule has 1 saturated heterocycles. The largest absolute Gasteiger partial charge is 0.378 e. The number of hydrogen-bond donors (Lipinski definition) is 0. The minimum atomic E-state index is -3.50. The summed E-state index contributed by atoms with van der Waals surface area (Å²) in [5.74, 6) is -0.0184. The van der Waals surface area contributed by atoms with Gasteiger partial charge in [-0.25, -0.2) is 8.42 Å². The maximum atomic E-state index is 12.6. The van der Waals surface area contributed by atoms with Crippen LogP contribution in [0.5, 0.6) is 0 Å². The lowest BCUT2D eigenvalue weighted by atomic mass is 10.2. The molecule has 2 aromatic rings. The molecule has 5 nitrogen and oxygen atoms in total. The van der Waals surface area contributed by atoms with E-state index < -0.39 is 9.84 Å². The van der Waals surface area contributed by atoms with E-state index in [1.165, 1.54) is 17.8 Å². The molecule has 3 rings (SSSR count). The van der Waals surface area contributed by atoms with Gasteiger partial charge in [-0.1, -0.05) is 35.3 Å². The van der Waals surface area contributed by atoms with Gasteiger partial charge in [0, 0.05) is 36.9 Å². The van der Waals surface area contributed by atoms with Crippen molar-refractivity contribution in [3.05, 3.63) is 58.1 Å². The summed E-state index contributed by atoms with van der Waals surface area (Å²) >= 11 is 12.0. The molecule has 0 N–H and O–H groups in total. The second kappa shape index (κ2) is 9.46. The molecule has 1 aliphatic rings. The summed E-state index contributed by atoms with van der Waals surface area (Å²) in [5.41, 5.74) is 2.32. The van der Waals surface area contributed by atoms with Gasteiger partial charge >= 0.3 is 0 Å². The second-order valence-electron chi connectivity index (χ2n) is 6.90. The lowest BCUT2D eigenvalue weighted by molar-refractivity contribution is 0.122. The van der Waals surface area contributed by atoms with Crippen LogP contribution in [-0.4, -0.2) is 59.0 Å². The van der Waals surface area contributed by atoms with Crippen LogP contribution in [-0.2, 0) is 21.1 Å². The fraction of sp³-hybridized carbons (Fsp3) is 0.400. The Morgan fingerprint density at radius 1 is 1.07 bits per heavy atom. The average molecular weight is 443 g/mol. The van der Waals surface area contributed by atoms with Crippen LogP contribution in [0.2, 0.25) is 10.0 Å². The van der Waals surface area contributed by atoms with E-state index >= 15 is 0 Å². The Labute approximate surface area is 176 Å². The van der Waals surface area contributed by atoms with Gasteiger partial charge in [0.05, 0.1) is 28.9 Å². The minimum absolute atomic E-state index is 0.0184. The third-order valence-corrected chi connectivity index (χ3v) is 7.14. The minimum Gasteiger partial charge on any atom is -0.378 e. The first-order chi connectivity index (χ1) is 13.3. The molecule has 0 atom stereocenters. The number of benzene rings is 2. The monoisotopic (exact) mass is 442 g/mol. The van der Waals surface area contributed by atoms with Crippen molar-refractivity contribution < 1.29 is 13.2 Å². The van der Waals surface area contributed by atoms with Crippen molar-refractivity contribution >= 4 is 38.7 Å². The van der Waals surface area contributed by atoms with Crippen LogP contribution < -0.4 is 4.90 Å². The molecule has 1 aliphatic heterocycles. The highest BCUT2D eigenvalue weighted by Gasteiger charge is 2.19. The van der Waals surface area contributed by atoms with E-state index in [1.807, 2.05) is 11.9 Å². The number of halogens is 2. The first-order valence-electron chi connectivity index (χ1n) is 9.13. The number of hydrogen-bond acceptors (Lipinski definition) is 5. The molecular formula is C20H24Cl2N2O3S. The highest BCUT2D eigenvalue weighted by molar-refractivity contribution is 7.91. The Balaban J connectivity index is 1.56. The smallest absolute Gasteiger partial charge is 0.181 e. The Hall–Kier alpha value is -1.31. The van der Waals surface area contributed by atoms with Crippen LogP contribution in [0.3, 0.4) is 0 Å². The number of morpholine rings is 1. The van der Waals surface area contributed by atoms with Gasteiger partial charge in [0.1, 0.15) is 0 Å². The molecule has 0 aliphatic carbocycles. The molecule has 0 bridgehead atoms. The van der Waals surface area contributed by atoms with Gasteiger partial charge in [-0.3, -0.25) is 0 Å². The summed E-state index contributed by atoms with van der Waals surface area (Å²) in [5, 5.41) is 0.558. The summed E-state index contributed by atoms with van der Waals surface area (Å²) in [6, 6.07) is 12.9. The lowest BCUT2D eigenvalue weighted by Gasteiger charge is -2.29. The number of anilines is 1. The molecule has 1 fully saturated rings. The van der Waals surface area contributed by atoms with Crippen molar-refractivity contribution in [3.63, 3.8) is 0 Å². The van der Waals surface area contributed by atoms with Gasteiger partial charge in [-0.15, -0.1) is 0 Å². The zero-order valence-electron chi connectivity index (χ0n) is 15.8. The van der Waals surface area contributed by atoms with Crippen molar-refractivity contribution in [2.45, 2.75) is 11.4 Å². The SMILES string of the molecule is CN(CCS(=O)(=O)c1cc(Cl)ccc1Cl)Cc1ccc(N2CCOCC2)cc1. The van der Waals surface area contributed by atoms with E-state index in [1.54, 1.807) is 6.07 Å². The van der Waals surface area contributed by atoms with Gasteiger partial charge in [0.2, 0.25) is 0 Å². The first-order valence-corrected chi connectivity index (χ1v) is 11.5. The third-order valence-electron chi connectivity index (χ3n) is 4.74. The standard InChI is InChI=1S/C20H24Cl2N2O3S/c1-23(10-13-28(25,26)20-14-17(21)4-7-19(20)22)15-16-2-5-18(6-3-16)24-8-11-27-12-9-24/h2-7,14H,8-13,15H2,1H3. The van der Waals surface area contributed by atoms with Gasteiger partial charge in [0.25, 0.3) is 0 Å². The Morgan fingerprint density at radius 3 is 2.43 bits per heavy atom.